The highest BCUT2D eigenvalue weighted by Gasteiger charge is 2.14. The number of carbonyl (C=O) groups excluding carboxylic acids is 3. The van der Waals surface area contributed by atoms with Gasteiger partial charge in [-0.3, -0.25) is 14.4 Å². The molecule has 164 valence electrons. The molecule has 3 N–H and O–H groups in total. The van der Waals surface area contributed by atoms with Gasteiger partial charge in [-0.25, -0.2) is 5.43 Å². The second-order valence-electron chi connectivity index (χ2n) is 6.51. The predicted molar refractivity (Wildman–Crippen MR) is 123 cm³/mol. The fourth-order valence-corrected chi connectivity index (χ4v) is 2.83. The minimum Gasteiger partial charge on any atom is -0.483 e. The van der Waals surface area contributed by atoms with Crippen LogP contribution < -0.4 is 20.8 Å². The molecule has 3 amide bonds. The maximum absolute atomic E-state index is 12.1. The van der Waals surface area contributed by atoms with Gasteiger partial charge >= 0.3 is 11.8 Å². The summed E-state index contributed by atoms with van der Waals surface area (Å²) in [5.74, 6) is -1.65. The molecule has 31 heavy (non-hydrogen) atoms. The van der Waals surface area contributed by atoms with Crippen molar-refractivity contribution in [3.05, 3.63) is 57.5 Å². The zero-order valence-corrected chi connectivity index (χ0v) is 19.3. The first-order valence-electron chi connectivity index (χ1n) is 9.40. The molecule has 0 fully saturated rings. The zero-order valence-electron chi connectivity index (χ0n) is 16.9. The second-order valence-corrected chi connectivity index (χ2v) is 7.86. The van der Waals surface area contributed by atoms with Crippen molar-refractivity contribution in [1.29, 1.82) is 0 Å². The van der Waals surface area contributed by atoms with E-state index in [1.807, 2.05) is 6.92 Å². The molecule has 2 aromatic rings. The molecule has 0 aliphatic heterocycles. The van der Waals surface area contributed by atoms with Gasteiger partial charge < -0.3 is 15.4 Å². The summed E-state index contributed by atoms with van der Waals surface area (Å²) in [7, 11) is 0. The third-order valence-electron chi connectivity index (χ3n) is 4.00. The zero-order chi connectivity index (χ0) is 22.8. The Labute approximate surface area is 193 Å². The molecule has 0 aromatic heterocycles. The maximum Gasteiger partial charge on any atom is 0.329 e. The Hall–Kier alpha value is -2.91. The van der Waals surface area contributed by atoms with Crippen molar-refractivity contribution < 1.29 is 19.1 Å². The number of benzene rings is 2. The topological polar surface area (TPSA) is 109 Å². The number of rotatable bonds is 8. The number of hydrogen-bond acceptors (Lipinski definition) is 5. The van der Waals surface area contributed by atoms with E-state index in [0.717, 1.165) is 4.47 Å². The summed E-state index contributed by atoms with van der Waals surface area (Å²) in [4.78, 5) is 35.7. The molecule has 8 nitrogen and oxygen atoms in total. The van der Waals surface area contributed by atoms with Crippen LogP contribution in [0.25, 0.3) is 0 Å². The van der Waals surface area contributed by atoms with Gasteiger partial charge in [-0.2, -0.15) is 5.10 Å². The van der Waals surface area contributed by atoms with Gasteiger partial charge in [0, 0.05) is 26.8 Å². The number of carbonyl (C=O) groups is 3. The van der Waals surface area contributed by atoms with Crippen molar-refractivity contribution in [2.75, 3.05) is 11.9 Å². The van der Waals surface area contributed by atoms with Gasteiger partial charge in [0.05, 0.1) is 6.21 Å². The van der Waals surface area contributed by atoms with Crippen LogP contribution in [0.15, 0.2) is 52.0 Å². The van der Waals surface area contributed by atoms with Crippen molar-refractivity contribution in [3.63, 3.8) is 0 Å². The molecule has 2 aromatic carbocycles. The Morgan fingerprint density at radius 2 is 1.97 bits per heavy atom. The molecule has 0 aliphatic carbocycles. The monoisotopic (exact) mass is 508 g/mol. The fraction of sp³-hybridized carbons (Fsp3) is 0.238. The Morgan fingerprint density at radius 1 is 1.19 bits per heavy atom. The number of amides is 3. The van der Waals surface area contributed by atoms with E-state index in [9.17, 15) is 14.4 Å². The van der Waals surface area contributed by atoms with E-state index in [1.165, 1.54) is 6.21 Å². The lowest BCUT2D eigenvalue weighted by Crippen LogP contribution is -2.41. The molecule has 0 spiro atoms. The molecule has 0 bridgehead atoms. The Morgan fingerprint density at radius 3 is 2.68 bits per heavy atom. The smallest absolute Gasteiger partial charge is 0.329 e. The number of halogens is 2. The number of hydrazone groups is 1. The lowest BCUT2D eigenvalue weighted by atomic mass is 10.2. The summed E-state index contributed by atoms with van der Waals surface area (Å²) in [6, 6.07) is 11.7. The molecule has 0 saturated heterocycles. The quantitative estimate of drug-likeness (QED) is 0.287. The van der Waals surface area contributed by atoms with E-state index in [0.29, 0.717) is 28.4 Å². The van der Waals surface area contributed by atoms with Crippen LogP contribution in [0.5, 0.6) is 5.75 Å². The predicted octanol–water partition coefficient (Wildman–Crippen LogP) is 3.48. The summed E-state index contributed by atoms with van der Waals surface area (Å²) in [5, 5.41) is 9.53. The van der Waals surface area contributed by atoms with E-state index < -0.39 is 11.8 Å². The van der Waals surface area contributed by atoms with Crippen LogP contribution in [-0.4, -0.2) is 36.6 Å². The van der Waals surface area contributed by atoms with Crippen molar-refractivity contribution in [2.45, 2.75) is 26.3 Å². The van der Waals surface area contributed by atoms with Crippen LogP contribution in [0.2, 0.25) is 5.02 Å². The maximum atomic E-state index is 12.1. The summed E-state index contributed by atoms with van der Waals surface area (Å²) in [6.07, 6.45) is 2.02. The first kappa shape index (κ1) is 24.4. The Kier molecular flexibility index (Phi) is 9.48. The molecule has 0 heterocycles. The molecule has 0 saturated carbocycles. The fourth-order valence-electron chi connectivity index (χ4n) is 2.26. The minimum atomic E-state index is -0.880. The molecule has 10 heteroatoms. The molecular formula is C21H22BrClN4O4. The summed E-state index contributed by atoms with van der Waals surface area (Å²) in [6.45, 7) is 3.44. The average molecular weight is 510 g/mol. The molecular weight excluding hydrogens is 488 g/mol. The lowest BCUT2D eigenvalue weighted by Gasteiger charge is -2.11. The van der Waals surface area contributed by atoms with Crippen LogP contribution in [0, 0.1) is 0 Å². The number of anilines is 1. The summed E-state index contributed by atoms with van der Waals surface area (Å²) >= 11 is 9.25. The van der Waals surface area contributed by atoms with Crippen LogP contribution in [-0.2, 0) is 14.4 Å². The SMILES string of the molecule is CC[C@H](C)NC(=O)C(=O)N/N=C\c1cc(Br)ccc1OCC(=O)Nc1cccc(Cl)c1. The van der Waals surface area contributed by atoms with Crippen molar-refractivity contribution >= 4 is 57.2 Å². The average Bonchev–Trinajstić information content (AvgIpc) is 2.72. The molecule has 0 aliphatic rings. The second kappa shape index (κ2) is 12.1. The number of ether oxygens (including phenoxy) is 1. The van der Waals surface area contributed by atoms with E-state index in [-0.39, 0.29) is 18.6 Å². The van der Waals surface area contributed by atoms with Gasteiger partial charge in [-0.15, -0.1) is 0 Å². The van der Waals surface area contributed by atoms with E-state index in [2.05, 4.69) is 37.1 Å². The van der Waals surface area contributed by atoms with Crippen molar-refractivity contribution in [2.24, 2.45) is 5.10 Å². The lowest BCUT2D eigenvalue weighted by molar-refractivity contribution is -0.139. The largest absolute Gasteiger partial charge is 0.483 e. The highest BCUT2D eigenvalue weighted by Crippen LogP contribution is 2.22. The van der Waals surface area contributed by atoms with Gasteiger partial charge in [-0.05, 0) is 49.7 Å². The van der Waals surface area contributed by atoms with Crippen LogP contribution in [0.4, 0.5) is 5.69 Å². The van der Waals surface area contributed by atoms with Crippen molar-refractivity contribution in [1.82, 2.24) is 10.7 Å². The van der Waals surface area contributed by atoms with Gasteiger partial charge in [0.1, 0.15) is 5.75 Å². The third kappa shape index (κ3) is 8.39. The van der Waals surface area contributed by atoms with Gasteiger partial charge in [0.15, 0.2) is 6.61 Å². The number of nitrogens with zero attached hydrogens (tertiary/aromatic N) is 1. The number of hydrogen-bond donors (Lipinski definition) is 3. The number of nitrogens with one attached hydrogen (secondary N) is 3. The molecule has 0 radical (unpaired) electrons. The van der Waals surface area contributed by atoms with Gasteiger partial charge in [0.2, 0.25) is 0 Å². The first-order valence-corrected chi connectivity index (χ1v) is 10.6. The Balaban J connectivity index is 1.96. The highest BCUT2D eigenvalue weighted by atomic mass is 79.9. The van der Waals surface area contributed by atoms with Crippen LogP contribution >= 0.6 is 27.5 Å². The summed E-state index contributed by atoms with van der Waals surface area (Å²) < 4.78 is 6.32. The van der Waals surface area contributed by atoms with E-state index >= 15 is 0 Å². The summed E-state index contributed by atoms with van der Waals surface area (Å²) in [5.41, 5.74) is 3.21. The van der Waals surface area contributed by atoms with Crippen LogP contribution in [0.1, 0.15) is 25.8 Å². The minimum absolute atomic E-state index is 0.120. The van der Waals surface area contributed by atoms with Crippen molar-refractivity contribution in [3.8, 4) is 5.75 Å². The van der Waals surface area contributed by atoms with Gasteiger partial charge in [0.25, 0.3) is 5.91 Å². The standard InChI is InChI=1S/C21H22BrClN4O4/c1-3-13(2)25-20(29)21(30)27-24-11-14-9-15(22)7-8-18(14)31-12-19(28)26-17-6-4-5-16(23)10-17/h4-11,13H,3,12H2,1-2H3,(H,25,29)(H,26,28)(H,27,30)/b24-11-/t13-/m0/s1. The third-order valence-corrected chi connectivity index (χ3v) is 4.73. The first-order chi connectivity index (χ1) is 14.8. The van der Waals surface area contributed by atoms with Crippen LogP contribution in [0.3, 0.4) is 0 Å². The Bertz CT molecular complexity index is 984. The van der Waals surface area contributed by atoms with E-state index in [4.69, 9.17) is 16.3 Å². The molecule has 2 rings (SSSR count). The van der Waals surface area contributed by atoms with Gasteiger partial charge in [-0.1, -0.05) is 40.5 Å². The highest BCUT2D eigenvalue weighted by molar-refractivity contribution is 9.10. The molecule has 1 atom stereocenters. The molecule has 0 unspecified atom stereocenters. The van der Waals surface area contributed by atoms with E-state index in [1.54, 1.807) is 49.4 Å². The normalized spacial score (nSPS) is 11.6.